The number of rotatable bonds is 3. The maximum Gasteiger partial charge on any atom is 0.0670 e. The second-order valence-corrected chi connectivity index (χ2v) is 4.09. The summed E-state index contributed by atoms with van der Waals surface area (Å²) >= 11 is 0. The first-order valence-corrected chi connectivity index (χ1v) is 4.29. The van der Waals surface area contributed by atoms with Gasteiger partial charge in [0.1, 0.15) is 0 Å². The highest BCUT2D eigenvalue weighted by Gasteiger charge is 2.17. The standard InChI is InChI=1S/C10H19NO/c1-8(2)7-11-10(4,5)6-9(3)12/h9,12H,6H2,1-5H3. The Hall–Kier alpha value is -0.590. The zero-order valence-electron chi connectivity index (χ0n) is 8.68. The molecule has 0 spiro atoms. The fourth-order valence-electron chi connectivity index (χ4n) is 1.03. The van der Waals surface area contributed by atoms with E-state index in [1.54, 1.807) is 6.92 Å². The number of hydrogen-bond acceptors (Lipinski definition) is 2. The molecule has 1 N–H and O–H groups in total. The van der Waals surface area contributed by atoms with Gasteiger partial charge in [-0.25, -0.2) is 4.99 Å². The molecule has 2 heteroatoms. The average Bonchev–Trinajstić information content (AvgIpc) is 1.81. The summed E-state index contributed by atoms with van der Waals surface area (Å²) in [6.07, 6.45) is 0.371. The lowest BCUT2D eigenvalue weighted by molar-refractivity contribution is 0.159. The maximum absolute atomic E-state index is 9.16. The Labute approximate surface area is 75.0 Å². The van der Waals surface area contributed by atoms with Crippen molar-refractivity contribution in [1.29, 1.82) is 0 Å². The third-order valence-corrected chi connectivity index (χ3v) is 1.38. The van der Waals surface area contributed by atoms with Crippen molar-refractivity contribution in [2.75, 3.05) is 0 Å². The van der Waals surface area contributed by atoms with E-state index in [-0.39, 0.29) is 11.6 Å². The summed E-state index contributed by atoms with van der Waals surface area (Å²) in [5.41, 5.74) is 0.861. The fourth-order valence-corrected chi connectivity index (χ4v) is 1.03. The van der Waals surface area contributed by atoms with Crippen molar-refractivity contribution in [3.8, 4) is 0 Å². The number of aliphatic hydroxyl groups excluding tert-OH is 1. The van der Waals surface area contributed by atoms with Gasteiger partial charge in [-0.1, -0.05) is 0 Å². The second-order valence-electron chi connectivity index (χ2n) is 4.09. The Bertz CT molecular complexity index is 194. The molecular formula is C10H19NO. The molecule has 0 saturated heterocycles. The van der Waals surface area contributed by atoms with Gasteiger partial charge in [-0.3, -0.25) is 0 Å². The van der Waals surface area contributed by atoms with Gasteiger partial charge in [-0.15, -0.1) is 0 Å². The highest BCUT2D eigenvalue weighted by Crippen LogP contribution is 2.15. The summed E-state index contributed by atoms with van der Waals surface area (Å²) in [5, 5.41) is 9.16. The monoisotopic (exact) mass is 169 g/mol. The van der Waals surface area contributed by atoms with Gasteiger partial charge in [0.2, 0.25) is 0 Å². The SMILES string of the molecule is CC(C)=C=NC(C)(C)CC(C)O. The molecule has 0 saturated carbocycles. The van der Waals surface area contributed by atoms with Crippen LogP contribution in [0.1, 0.15) is 41.0 Å². The van der Waals surface area contributed by atoms with Gasteiger partial charge >= 0.3 is 0 Å². The van der Waals surface area contributed by atoms with Gasteiger partial charge in [0.25, 0.3) is 0 Å². The summed E-state index contributed by atoms with van der Waals surface area (Å²) < 4.78 is 0. The van der Waals surface area contributed by atoms with Crippen molar-refractivity contribution >= 4 is 5.87 Å². The summed E-state index contributed by atoms with van der Waals surface area (Å²) in [5.74, 6) is 2.92. The highest BCUT2D eigenvalue weighted by molar-refractivity contribution is 5.56. The molecule has 2 nitrogen and oxygen atoms in total. The predicted molar refractivity (Wildman–Crippen MR) is 52.7 cm³/mol. The van der Waals surface area contributed by atoms with Crippen LogP contribution in [0, 0.1) is 0 Å². The van der Waals surface area contributed by atoms with E-state index >= 15 is 0 Å². The highest BCUT2D eigenvalue weighted by atomic mass is 16.3. The van der Waals surface area contributed by atoms with Crippen LogP contribution in [-0.2, 0) is 0 Å². The van der Waals surface area contributed by atoms with Crippen molar-refractivity contribution in [3.05, 3.63) is 5.57 Å². The molecule has 0 aromatic heterocycles. The first-order chi connectivity index (χ1) is 5.33. The van der Waals surface area contributed by atoms with Gasteiger partial charge in [-0.05, 0) is 52.5 Å². The average molecular weight is 169 g/mol. The second kappa shape index (κ2) is 4.44. The van der Waals surface area contributed by atoms with Crippen molar-refractivity contribution in [2.45, 2.75) is 52.7 Å². The van der Waals surface area contributed by atoms with E-state index in [1.807, 2.05) is 27.7 Å². The molecule has 0 bridgehead atoms. The molecular weight excluding hydrogens is 150 g/mol. The fraction of sp³-hybridized carbons (Fsp3) is 0.800. The van der Waals surface area contributed by atoms with Crippen LogP contribution < -0.4 is 0 Å². The Balaban J connectivity index is 4.32. The number of aliphatic imine (C=N–C) groups is 1. The molecule has 70 valence electrons. The molecule has 0 rings (SSSR count). The quantitative estimate of drug-likeness (QED) is 0.645. The molecule has 0 aliphatic carbocycles. The number of hydrogen-bond donors (Lipinski definition) is 1. The Morgan fingerprint density at radius 3 is 2.33 bits per heavy atom. The molecule has 0 aliphatic rings. The Kier molecular flexibility index (Phi) is 4.22. The largest absolute Gasteiger partial charge is 0.393 e. The van der Waals surface area contributed by atoms with E-state index in [2.05, 4.69) is 10.9 Å². The van der Waals surface area contributed by atoms with E-state index in [4.69, 9.17) is 5.11 Å². The first kappa shape index (κ1) is 11.4. The smallest absolute Gasteiger partial charge is 0.0670 e. The van der Waals surface area contributed by atoms with Gasteiger partial charge in [0, 0.05) is 0 Å². The lowest BCUT2D eigenvalue weighted by atomic mass is 9.98. The Morgan fingerprint density at radius 2 is 2.00 bits per heavy atom. The third kappa shape index (κ3) is 6.14. The summed E-state index contributed by atoms with van der Waals surface area (Å²) in [6, 6.07) is 0. The third-order valence-electron chi connectivity index (χ3n) is 1.38. The number of aliphatic hydroxyl groups is 1. The lowest BCUT2D eigenvalue weighted by Gasteiger charge is -2.19. The van der Waals surface area contributed by atoms with E-state index in [0.717, 1.165) is 5.57 Å². The zero-order valence-corrected chi connectivity index (χ0v) is 8.68. The van der Waals surface area contributed by atoms with Gasteiger partial charge in [-0.2, -0.15) is 0 Å². The molecule has 0 aromatic carbocycles. The van der Waals surface area contributed by atoms with Gasteiger partial charge in [0.15, 0.2) is 0 Å². The van der Waals surface area contributed by atoms with Gasteiger partial charge < -0.3 is 5.11 Å². The minimum Gasteiger partial charge on any atom is -0.393 e. The van der Waals surface area contributed by atoms with Crippen molar-refractivity contribution in [3.63, 3.8) is 0 Å². The minimum absolute atomic E-state index is 0.203. The number of nitrogens with zero attached hydrogens (tertiary/aromatic N) is 1. The van der Waals surface area contributed by atoms with Crippen LogP contribution in [0.15, 0.2) is 10.6 Å². The van der Waals surface area contributed by atoms with E-state index in [1.165, 1.54) is 0 Å². The lowest BCUT2D eigenvalue weighted by Crippen LogP contribution is -2.22. The van der Waals surface area contributed by atoms with Crippen LogP contribution in [0.4, 0.5) is 0 Å². The van der Waals surface area contributed by atoms with E-state index in [0.29, 0.717) is 6.42 Å². The topological polar surface area (TPSA) is 32.6 Å². The van der Waals surface area contributed by atoms with Crippen molar-refractivity contribution in [2.24, 2.45) is 4.99 Å². The van der Waals surface area contributed by atoms with Gasteiger partial charge in [0.05, 0.1) is 11.6 Å². The molecule has 0 radical (unpaired) electrons. The van der Waals surface area contributed by atoms with Crippen LogP contribution in [0.2, 0.25) is 0 Å². The van der Waals surface area contributed by atoms with E-state index in [9.17, 15) is 0 Å². The zero-order chi connectivity index (χ0) is 9.78. The maximum atomic E-state index is 9.16. The molecule has 0 fully saturated rings. The van der Waals surface area contributed by atoms with Crippen LogP contribution in [0.5, 0.6) is 0 Å². The van der Waals surface area contributed by atoms with Crippen LogP contribution in [0.25, 0.3) is 0 Å². The Morgan fingerprint density at radius 1 is 1.50 bits per heavy atom. The predicted octanol–water partition coefficient (Wildman–Crippen LogP) is 2.17. The molecule has 0 aliphatic heterocycles. The normalized spacial score (nSPS) is 13.5. The van der Waals surface area contributed by atoms with Crippen molar-refractivity contribution < 1.29 is 5.11 Å². The molecule has 12 heavy (non-hydrogen) atoms. The molecule has 1 atom stereocenters. The first-order valence-electron chi connectivity index (χ1n) is 4.29. The molecule has 0 aromatic rings. The number of allylic oxidation sites excluding steroid dienone is 1. The molecule has 0 heterocycles. The molecule has 0 amide bonds. The summed E-state index contributed by atoms with van der Waals surface area (Å²) in [6.45, 7) is 9.69. The van der Waals surface area contributed by atoms with Crippen molar-refractivity contribution in [1.82, 2.24) is 0 Å². The summed E-state index contributed by atoms with van der Waals surface area (Å²) in [7, 11) is 0. The molecule has 1 unspecified atom stereocenters. The minimum atomic E-state index is -0.303. The van der Waals surface area contributed by atoms with Crippen LogP contribution in [-0.4, -0.2) is 22.6 Å². The van der Waals surface area contributed by atoms with E-state index < -0.39 is 0 Å². The summed E-state index contributed by atoms with van der Waals surface area (Å²) in [4.78, 5) is 4.25. The van der Waals surface area contributed by atoms with Crippen LogP contribution >= 0.6 is 0 Å². The van der Waals surface area contributed by atoms with Crippen LogP contribution in [0.3, 0.4) is 0 Å².